The number of aromatic nitrogens is 2. The van der Waals surface area contributed by atoms with Gasteiger partial charge in [-0.05, 0) is 136 Å². The van der Waals surface area contributed by atoms with Crippen molar-refractivity contribution in [3.05, 3.63) is 88.2 Å². The fraction of sp³-hybridized carbons (Fsp3) is 0.524. The zero-order valence-electron chi connectivity index (χ0n) is 53.4. The molecule has 4 bridgehead atoms. The number of fused-ring (bicyclic) bond motifs is 5. The molecule has 24 heteroatoms. The van der Waals surface area contributed by atoms with Crippen LogP contribution in [0.3, 0.4) is 0 Å². The Hall–Kier alpha value is -8.70. The predicted octanol–water partition coefficient (Wildman–Crippen LogP) is 7.47. The van der Waals surface area contributed by atoms with Crippen molar-refractivity contribution in [1.29, 1.82) is 0 Å². The summed E-state index contributed by atoms with van der Waals surface area (Å²) in [5.41, 5.74) is 1.14. The number of likely N-dealkylation sites (N-methyl/N-ethyl adjacent to an activating group) is 1. The molecular formula is C63H87N9O15. The number of hydrogen-bond acceptors (Lipinski definition) is 17. The first-order valence-corrected chi connectivity index (χ1v) is 28.7. The molecular weight excluding hydrogens is 1120 g/mol. The van der Waals surface area contributed by atoms with Crippen LogP contribution in [0.1, 0.15) is 141 Å². The van der Waals surface area contributed by atoms with Gasteiger partial charge >= 0.3 is 24.2 Å². The second-order valence-electron chi connectivity index (χ2n) is 25.0. The van der Waals surface area contributed by atoms with Crippen LogP contribution in [0.25, 0.3) is 22.5 Å². The number of amides is 7. The Morgan fingerprint density at radius 1 is 0.667 bits per heavy atom. The summed E-state index contributed by atoms with van der Waals surface area (Å²) in [7, 11) is 3.89. The Morgan fingerprint density at radius 3 is 1.70 bits per heavy atom. The van der Waals surface area contributed by atoms with E-state index in [4.69, 9.17) is 43.1 Å². The van der Waals surface area contributed by atoms with Gasteiger partial charge in [-0.25, -0.2) is 29.1 Å². The molecule has 7 amide bonds. The van der Waals surface area contributed by atoms with Crippen molar-refractivity contribution in [2.75, 3.05) is 54.1 Å². The molecule has 1 aromatic heterocycles. The maximum atomic E-state index is 15.4. The Kier molecular flexibility index (Phi) is 23.1. The third-order valence-corrected chi connectivity index (χ3v) is 13.2. The van der Waals surface area contributed by atoms with Crippen LogP contribution in [0.5, 0.6) is 17.2 Å². The maximum absolute atomic E-state index is 15.4. The van der Waals surface area contributed by atoms with Gasteiger partial charge in [-0.2, -0.15) is 0 Å². The van der Waals surface area contributed by atoms with Crippen LogP contribution in [0.2, 0.25) is 0 Å². The number of esters is 1. The fourth-order valence-corrected chi connectivity index (χ4v) is 9.17. The van der Waals surface area contributed by atoms with E-state index in [1.165, 1.54) is 27.1 Å². The van der Waals surface area contributed by atoms with Crippen LogP contribution in [0.15, 0.2) is 54.6 Å². The third kappa shape index (κ3) is 20.2. The lowest BCUT2D eigenvalue weighted by molar-refractivity contribution is -0.145. The zero-order valence-corrected chi connectivity index (χ0v) is 53.4. The quantitative estimate of drug-likeness (QED) is 0.0320. The van der Waals surface area contributed by atoms with Crippen LogP contribution in [0, 0.1) is 13.8 Å². The molecule has 0 radical (unpaired) electrons. The number of alkyl carbamates (subject to hydrolysis) is 3. The molecule has 4 atom stereocenters. The van der Waals surface area contributed by atoms with Gasteiger partial charge in [0.2, 0.25) is 17.7 Å². The number of aryl methyl sites for hydroxylation is 2. The molecule has 2 heterocycles. The van der Waals surface area contributed by atoms with Crippen molar-refractivity contribution < 1.29 is 71.5 Å². The number of nitrogens with one attached hydrogen (secondary N) is 6. The molecule has 0 fully saturated rings. The number of methoxy groups -OCH3 is 2. The van der Waals surface area contributed by atoms with Crippen molar-refractivity contribution in [2.24, 2.45) is 0 Å². The lowest BCUT2D eigenvalue weighted by Crippen LogP contribution is -2.55. The SMILES string of the molecule is COC(=O)[C@@H]1Cc2cc(OCCNC(=O)OC(C)(C)C)c(OC)c(c2)-c2cc(ccc2OCCNC(=O)OC(C)(C)C)[C@H](N(C)C(=O)[C@@H](CCNC(=O)OC(C)(C)C)NC(=O)c2c(C)nc(-c3ccc(C(C)(C)C)cc3)nc2C)C(=O)N[C@H](C)C(=O)N1. The van der Waals surface area contributed by atoms with Gasteiger partial charge in [0, 0.05) is 36.7 Å². The number of benzene rings is 3. The van der Waals surface area contributed by atoms with Gasteiger partial charge in [0.15, 0.2) is 17.3 Å². The average molecular weight is 1210 g/mol. The van der Waals surface area contributed by atoms with Crippen LogP contribution in [-0.4, -0.2) is 152 Å². The minimum absolute atomic E-state index is 0.0211. The number of hydrogen-bond donors (Lipinski definition) is 6. The first kappa shape index (κ1) is 69.1. The van der Waals surface area contributed by atoms with Crippen LogP contribution in [0.4, 0.5) is 14.4 Å². The van der Waals surface area contributed by atoms with E-state index in [0.29, 0.717) is 22.8 Å². The zero-order chi connectivity index (χ0) is 64.9. The molecule has 24 nitrogen and oxygen atoms in total. The van der Waals surface area contributed by atoms with Crippen molar-refractivity contribution in [1.82, 2.24) is 46.8 Å². The van der Waals surface area contributed by atoms with Gasteiger partial charge in [-0.3, -0.25) is 19.2 Å². The molecule has 0 aliphatic carbocycles. The van der Waals surface area contributed by atoms with E-state index in [9.17, 15) is 28.8 Å². The summed E-state index contributed by atoms with van der Waals surface area (Å²) in [4.78, 5) is 122. The minimum Gasteiger partial charge on any atom is -0.492 e. The molecule has 5 rings (SSSR count). The van der Waals surface area contributed by atoms with E-state index in [-0.39, 0.29) is 90.6 Å². The summed E-state index contributed by atoms with van der Waals surface area (Å²) in [5, 5.41) is 16.2. The minimum atomic E-state index is -1.61. The highest BCUT2D eigenvalue weighted by atomic mass is 16.6. The molecule has 1 aliphatic heterocycles. The lowest BCUT2D eigenvalue weighted by Gasteiger charge is -2.33. The standard InChI is InChI=1S/C63H87N9O15/c1-35-48(36(2)68-51(67-35)39-19-22-41(23-20-39)60(4,5)6)53(74)70-44(25-26-64-57(78)85-61(7,8)9)55(76)72(16)49-40-21-24-46(83-29-27-65-58(79)86-62(10,11)12)42(34-40)43-31-38(32-45(56(77)82-18)71-52(73)37(3)69-54(49)75)33-47(50(43)81-17)84-30-28-66-59(80)87-63(13,14)15/h19-24,31,33-34,37,44-45,49H,25-30,32H2,1-18H3,(H,64,78)(H,65,79)(H,66,80)(H,69,75)(H,70,74)(H,71,73)/t37-,44-,45+,49+/m1/s1. The van der Waals surface area contributed by atoms with Gasteiger partial charge in [-0.1, -0.05) is 51.1 Å². The van der Waals surface area contributed by atoms with Crippen molar-refractivity contribution in [3.8, 4) is 39.8 Å². The average Bonchev–Trinajstić information content (AvgIpc) is 3.02. The summed E-state index contributed by atoms with van der Waals surface area (Å²) in [6.07, 6.45) is -2.55. The van der Waals surface area contributed by atoms with Crippen LogP contribution in [-0.2, 0) is 50.0 Å². The summed E-state index contributed by atoms with van der Waals surface area (Å²) >= 11 is 0. The Balaban J connectivity index is 1.68. The highest BCUT2D eigenvalue weighted by Crippen LogP contribution is 2.45. The fourth-order valence-electron chi connectivity index (χ4n) is 9.17. The molecule has 87 heavy (non-hydrogen) atoms. The van der Waals surface area contributed by atoms with E-state index < -0.39 is 88.8 Å². The summed E-state index contributed by atoms with van der Waals surface area (Å²) in [5.74, 6) is -3.20. The molecule has 3 aromatic carbocycles. The highest BCUT2D eigenvalue weighted by molar-refractivity contribution is 6.00. The van der Waals surface area contributed by atoms with Gasteiger partial charge < -0.3 is 70.0 Å². The predicted molar refractivity (Wildman–Crippen MR) is 324 cm³/mol. The lowest BCUT2D eigenvalue weighted by atomic mass is 9.86. The van der Waals surface area contributed by atoms with E-state index in [1.807, 2.05) is 24.3 Å². The Labute approximate surface area is 509 Å². The second-order valence-corrected chi connectivity index (χ2v) is 25.0. The molecule has 4 aromatic rings. The van der Waals surface area contributed by atoms with Crippen molar-refractivity contribution >= 4 is 47.9 Å². The largest absolute Gasteiger partial charge is 0.492 e. The van der Waals surface area contributed by atoms with E-state index in [2.05, 4.69) is 52.7 Å². The van der Waals surface area contributed by atoms with E-state index >= 15 is 9.59 Å². The molecule has 1 aliphatic rings. The normalized spacial score (nSPS) is 15.8. The molecule has 0 spiro atoms. The van der Waals surface area contributed by atoms with Crippen molar-refractivity contribution in [3.63, 3.8) is 0 Å². The first-order chi connectivity index (χ1) is 40.5. The highest BCUT2D eigenvalue weighted by Gasteiger charge is 2.37. The Bertz CT molecular complexity index is 3130. The number of carbonyl (C=O) groups is 8. The molecule has 6 N–H and O–H groups in total. The van der Waals surface area contributed by atoms with E-state index in [1.54, 1.807) is 100 Å². The smallest absolute Gasteiger partial charge is 0.407 e. The van der Waals surface area contributed by atoms with Gasteiger partial charge in [0.25, 0.3) is 5.91 Å². The van der Waals surface area contributed by atoms with Gasteiger partial charge in [0.05, 0.1) is 44.3 Å². The van der Waals surface area contributed by atoms with Crippen molar-refractivity contribution in [2.45, 2.75) is 163 Å². The topological polar surface area (TPSA) is 302 Å². The summed E-state index contributed by atoms with van der Waals surface area (Å²) in [6.45, 7) is 26.0. The van der Waals surface area contributed by atoms with Gasteiger partial charge in [0.1, 0.15) is 59.9 Å². The summed E-state index contributed by atoms with van der Waals surface area (Å²) in [6, 6.07) is 10.0. The maximum Gasteiger partial charge on any atom is 0.407 e. The molecule has 474 valence electrons. The van der Waals surface area contributed by atoms with Crippen LogP contribution >= 0.6 is 0 Å². The van der Waals surface area contributed by atoms with E-state index in [0.717, 1.165) is 23.1 Å². The van der Waals surface area contributed by atoms with Gasteiger partial charge in [-0.15, -0.1) is 0 Å². The Morgan fingerprint density at radius 2 is 1.20 bits per heavy atom. The third-order valence-electron chi connectivity index (χ3n) is 13.2. The number of nitrogens with zero attached hydrogens (tertiary/aromatic N) is 3. The molecule has 0 saturated heterocycles. The number of ether oxygens (including phenoxy) is 7. The number of rotatable bonds is 18. The van der Waals surface area contributed by atoms with Crippen LogP contribution < -0.4 is 46.1 Å². The molecule has 0 unspecified atom stereocenters. The second kappa shape index (κ2) is 29.1. The first-order valence-electron chi connectivity index (χ1n) is 28.7. The monoisotopic (exact) mass is 1210 g/mol. The number of carbonyl (C=O) groups excluding carboxylic acids is 8. The molecule has 0 saturated carbocycles. The summed E-state index contributed by atoms with van der Waals surface area (Å²) < 4.78 is 40.2.